The molecule has 0 aromatic carbocycles. The predicted molar refractivity (Wildman–Crippen MR) is 157 cm³/mol. The third-order valence-electron chi connectivity index (χ3n) is 5.97. The van der Waals surface area contributed by atoms with E-state index >= 15 is 0 Å². The quantitative estimate of drug-likeness (QED) is 0.0753. The Bertz CT molecular complexity index is 707. The second-order valence-corrected chi connectivity index (χ2v) is 9.85. The molecule has 0 saturated heterocycles. The Morgan fingerprint density at radius 3 is 1.68 bits per heavy atom. The first-order chi connectivity index (χ1) is 18.1. The molecule has 0 aromatic rings. The third kappa shape index (κ3) is 24.0. The van der Waals surface area contributed by atoms with Crippen LogP contribution < -0.4 is 0 Å². The van der Waals surface area contributed by atoms with Crippen LogP contribution in [0, 0.1) is 5.92 Å². The van der Waals surface area contributed by atoms with Gasteiger partial charge in [0.25, 0.3) is 0 Å². The van der Waals surface area contributed by atoms with Gasteiger partial charge in [-0.05, 0) is 50.5 Å². The first-order valence-corrected chi connectivity index (χ1v) is 14.7. The average Bonchev–Trinajstić information content (AvgIpc) is 2.86. The fourth-order valence-corrected chi connectivity index (χ4v) is 3.22. The van der Waals surface area contributed by atoms with Gasteiger partial charge in [0.05, 0.1) is 13.2 Å². The second-order valence-electron chi connectivity index (χ2n) is 9.85. The Hall–Kier alpha value is -2.37. The molecule has 220 valence electrons. The molecule has 0 fully saturated rings. The summed E-state index contributed by atoms with van der Waals surface area (Å²) >= 11 is 0. The van der Waals surface area contributed by atoms with Crippen molar-refractivity contribution < 1.29 is 28.6 Å². The lowest BCUT2D eigenvalue weighted by atomic mass is 10.0. The van der Waals surface area contributed by atoms with E-state index in [-0.39, 0.29) is 17.9 Å². The molecule has 6 nitrogen and oxygen atoms in total. The summed E-state index contributed by atoms with van der Waals surface area (Å²) in [6.07, 6.45) is 16.5. The van der Waals surface area contributed by atoms with E-state index < -0.39 is 0 Å². The van der Waals surface area contributed by atoms with Gasteiger partial charge in [0.15, 0.2) is 0 Å². The lowest BCUT2D eigenvalue weighted by Crippen LogP contribution is -2.09. The highest BCUT2D eigenvalue weighted by Gasteiger charge is 2.08. The third-order valence-corrected chi connectivity index (χ3v) is 5.97. The van der Waals surface area contributed by atoms with Crippen molar-refractivity contribution in [2.24, 2.45) is 5.92 Å². The largest absolute Gasteiger partial charge is 0.462 e. The Labute approximate surface area is 233 Å². The van der Waals surface area contributed by atoms with Crippen molar-refractivity contribution >= 4 is 17.9 Å². The summed E-state index contributed by atoms with van der Waals surface area (Å²) in [4.78, 5) is 32.8. The van der Waals surface area contributed by atoms with Crippen LogP contribution in [-0.2, 0) is 28.6 Å². The molecule has 6 heteroatoms. The summed E-state index contributed by atoms with van der Waals surface area (Å²) in [5.41, 5.74) is 1.20. The van der Waals surface area contributed by atoms with E-state index in [1.807, 2.05) is 19.9 Å². The van der Waals surface area contributed by atoms with Crippen LogP contribution in [0.15, 0.2) is 36.1 Å². The van der Waals surface area contributed by atoms with Crippen molar-refractivity contribution in [1.29, 1.82) is 0 Å². The van der Waals surface area contributed by atoms with E-state index in [0.717, 1.165) is 75.9 Å². The van der Waals surface area contributed by atoms with Gasteiger partial charge in [-0.15, -0.1) is 0 Å². The van der Waals surface area contributed by atoms with Crippen LogP contribution in [0.3, 0.4) is 0 Å². The van der Waals surface area contributed by atoms with Crippen LogP contribution in [0.1, 0.15) is 131 Å². The molecule has 38 heavy (non-hydrogen) atoms. The molecular weight excluding hydrogens is 480 g/mol. The van der Waals surface area contributed by atoms with E-state index in [1.165, 1.54) is 32.6 Å². The number of allylic oxidation sites excluding steroid dienone is 2. The minimum Gasteiger partial charge on any atom is -0.462 e. The minimum atomic E-state index is -0.221. The first-order valence-electron chi connectivity index (χ1n) is 14.7. The zero-order valence-corrected chi connectivity index (χ0v) is 25.3. The molecule has 0 radical (unpaired) electrons. The molecule has 0 bridgehead atoms. The summed E-state index contributed by atoms with van der Waals surface area (Å²) in [6.45, 7) is 20.5. The summed E-state index contributed by atoms with van der Waals surface area (Å²) in [5, 5.41) is 0. The molecule has 1 aliphatic rings. The summed E-state index contributed by atoms with van der Waals surface area (Å²) in [7, 11) is 0. The number of unbranched alkanes of at least 4 members (excludes halogenated alkanes) is 4. The predicted octanol–water partition coefficient (Wildman–Crippen LogP) is 8.80. The van der Waals surface area contributed by atoms with Gasteiger partial charge in [-0.2, -0.15) is 0 Å². The van der Waals surface area contributed by atoms with Crippen LogP contribution in [-0.4, -0.2) is 31.1 Å². The van der Waals surface area contributed by atoms with Gasteiger partial charge in [0.1, 0.15) is 5.76 Å². The van der Waals surface area contributed by atoms with E-state index in [0.29, 0.717) is 24.4 Å². The SMILES string of the molecule is C=C(CCC)C(=O)OCCCC(C)CC.C=C(CCC)C(=O)OCCCCCCC.CC(=O)OC1=CCC1. The van der Waals surface area contributed by atoms with Gasteiger partial charge < -0.3 is 14.2 Å². The highest BCUT2D eigenvalue weighted by molar-refractivity contribution is 5.88. The molecule has 0 heterocycles. The maximum atomic E-state index is 11.3. The number of carbonyl (C=O) groups excluding carboxylic acids is 3. The average molecular weight is 537 g/mol. The molecule has 1 rings (SSSR count). The Morgan fingerprint density at radius 1 is 0.816 bits per heavy atom. The van der Waals surface area contributed by atoms with Crippen LogP contribution in [0.25, 0.3) is 0 Å². The molecule has 1 atom stereocenters. The van der Waals surface area contributed by atoms with Crippen LogP contribution in [0.4, 0.5) is 0 Å². The zero-order chi connectivity index (χ0) is 29.2. The number of carbonyl (C=O) groups is 3. The van der Waals surface area contributed by atoms with Gasteiger partial charge in [0.2, 0.25) is 0 Å². The Morgan fingerprint density at radius 2 is 1.32 bits per heavy atom. The number of ether oxygens (including phenoxy) is 3. The first kappa shape index (κ1) is 37.8. The molecule has 0 aromatic heterocycles. The number of hydrogen-bond donors (Lipinski definition) is 0. The highest BCUT2D eigenvalue weighted by atomic mass is 16.5. The van der Waals surface area contributed by atoms with Crippen molar-refractivity contribution in [2.75, 3.05) is 13.2 Å². The van der Waals surface area contributed by atoms with Crippen molar-refractivity contribution in [3.05, 3.63) is 36.1 Å². The fraction of sp³-hybridized carbons (Fsp3) is 0.719. The molecule has 0 aliphatic heterocycles. The molecule has 0 amide bonds. The van der Waals surface area contributed by atoms with Gasteiger partial charge in [-0.3, -0.25) is 4.79 Å². The summed E-state index contributed by atoms with van der Waals surface area (Å²) in [5.74, 6) is 0.907. The number of rotatable bonds is 18. The molecule has 1 aliphatic carbocycles. The number of esters is 3. The lowest BCUT2D eigenvalue weighted by Gasteiger charge is -2.11. The van der Waals surface area contributed by atoms with E-state index in [4.69, 9.17) is 14.2 Å². The monoisotopic (exact) mass is 536 g/mol. The van der Waals surface area contributed by atoms with Crippen LogP contribution >= 0.6 is 0 Å². The normalized spacial score (nSPS) is 12.2. The summed E-state index contributed by atoms with van der Waals surface area (Å²) < 4.78 is 14.9. The topological polar surface area (TPSA) is 78.9 Å². The van der Waals surface area contributed by atoms with E-state index in [2.05, 4.69) is 33.9 Å². The summed E-state index contributed by atoms with van der Waals surface area (Å²) in [6, 6.07) is 0. The number of hydrogen-bond acceptors (Lipinski definition) is 6. The lowest BCUT2D eigenvalue weighted by molar-refractivity contribution is -0.140. The minimum absolute atomic E-state index is 0.212. The van der Waals surface area contributed by atoms with Crippen molar-refractivity contribution in [3.63, 3.8) is 0 Å². The molecule has 0 saturated carbocycles. The standard InChI is InChI=1S/2C13H24O2.C6H8O2/c1-5-8-12(4)13(14)15-10-7-9-11(3)6-2;1-4-6-7-8-9-11-15-13(14)12(3)10-5-2;1-5(7)8-6-3-2-4-6/h11H,4-10H2,1-3H3;3-11H2,1-2H3;3H,2,4H2,1H3. The van der Waals surface area contributed by atoms with E-state index in [9.17, 15) is 14.4 Å². The molecule has 1 unspecified atom stereocenters. The van der Waals surface area contributed by atoms with Crippen LogP contribution in [0.2, 0.25) is 0 Å². The maximum absolute atomic E-state index is 11.3. The van der Waals surface area contributed by atoms with Gasteiger partial charge in [0, 0.05) is 24.5 Å². The van der Waals surface area contributed by atoms with Crippen molar-refractivity contribution in [3.8, 4) is 0 Å². The molecular formula is C32H56O6. The smallest absolute Gasteiger partial charge is 0.333 e. The Kier molecular flexibility index (Phi) is 26.1. The highest BCUT2D eigenvalue weighted by Crippen LogP contribution is 2.18. The zero-order valence-electron chi connectivity index (χ0n) is 25.3. The van der Waals surface area contributed by atoms with Gasteiger partial charge in [-0.1, -0.05) is 92.7 Å². The molecule has 0 spiro atoms. The van der Waals surface area contributed by atoms with Crippen molar-refractivity contribution in [2.45, 2.75) is 131 Å². The molecule has 0 N–H and O–H groups in total. The van der Waals surface area contributed by atoms with Crippen LogP contribution in [0.5, 0.6) is 0 Å². The fourth-order valence-electron chi connectivity index (χ4n) is 3.22. The van der Waals surface area contributed by atoms with Gasteiger partial charge >= 0.3 is 17.9 Å². The van der Waals surface area contributed by atoms with Gasteiger partial charge in [-0.25, -0.2) is 9.59 Å². The van der Waals surface area contributed by atoms with E-state index in [1.54, 1.807) is 0 Å². The maximum Gasteiger partial charge on any atom is 0.333 e. The van der Waals surface area contributed by atoms with Crippen molar-refractivity contribution in [1.82, 2.24) is 0 Å². The Balaban J connectivity index is 0. The second kappa shape index (κ2) is 26.2.